The molecule has 47 heavy (non-hydrogen) atoms. The summed E-state index contributed by atoms with van der Waals surface area (Å²) in [6.07, 6.45) is 7.03. The topological polar surface area (TPSA) is 196 Å². The first-order valence-corrected chi connectivity index (χ1v) is 14.6. The van der Waals surface area contributed by atoms with Crippen molar-refractivity contribution in [1.82, 2.24) is 0 Å². The van der Waals surface area contributed by atoms with E-state index in [0.717, 1.165) is 36.3 Å². The van der Waals surface area contributed by atoms with Crippen LogP contribution in [-0.4, -0.2) is 39.7 Å². The van der Waals surface area contributed by atoms with Gasteiger partial charge in [0.25, 0.3) is 5.69 Å². The summed E-state index contributed by atoms with van der Waals surface area (Å²) in [5.74, 6) is -0.978. The first-order valence-electron chi connectivity index (χ1n) is 14.6. The summed E-state index contributed by atoms with van der Waals surface area (Å²) in [5.41, 5.74) is 13.6. The molecule has 3 aliphatic rings. The number of nitro groups is 2. The summed E-state index contributed by atoms with van der Waals surface area (Å²) >= 11 is 0. The average molecular weight is 646 g/mol. The molecule has 0 bridgehead atoms. The van der Waals surface area contributed by atoms with E-state index in [1.165, 1.54) is 49.9 Å². The molecule has 0 aromatic heterocycles. The van der Waals surface area contributed by atoms with Gasteiger partial charge in [-0.05, 0) is 81.8 Å². The van der Waals surface area contributed by atoms with E-state index in [-0.39, 0.29) is 18.0 Å². The third-order valence-corrected chi connectivity index (χ3v) is 6.22. The molecule has 0 unspecified atom stereocenters. The Morgan fingerprint density at radius 2 is 1.17 bits per heavy atom. The monoisotopic (exact) mass is 645 g/mol. The van der Waals surface area contributed by atoms with Gasteiger partial charge in [-0.3, -0.25) is 20.2 Å². The average Bonchev–Trinajstić information content (AvgIpc) is 3.90. The number of nitrogens with zero attached hydrogens (tertiary/aromatic N) is 5. The Bertz CT molecular complexity index is 1650. The molecule has 0 spiro atoms. The molecule has 6 rings (SSSR count). The summed E-state index contributed by atoms with van der Waals surface area (Å²) in [4.78, 5) is 29.1. The van der Waals surface area contributed by atoms with Gasteiger partial charge >= 0.3 is 5.69 Å². The fourth-order valence-electron chi connectivity index (χ4n) is 3.31. The predicted octanol–water partition coefficient (Wildman–Crippen LogP) is 7.50. The minimum atomic E-state index is -0.978. The first kappa shape index (κ1) is 37.4. The number of aliphatic hydroxyl groups excluding tert-OH is 1. The molecule has 0 amide bonds. The largest absolute Gasteiger partial charge is 0.397 e. The fourth-order valence-corrected chi connectivity index (χ4v) is 3.31. The number of nitro benzene ring substituents is 2. The predicted molar refractivity (Wildman–Crippen MR) is 179 cm³/mol. The molecular formula is C32H36FN9O5. The van der Waals surface area contributed by atoms with Gasteiger partial charge in [-0.15, -0.1) is 0 Å². The van der Waals surface area contributed by atoms with Crippen LogP contribution in [0.3, 0.4) is 0 Å². The van der Waals surface area contributed by atoms with Crippen molar-refractivity contribution >= 4 is 45.5 Å². The van der Waals surface area contributed by atoms with Gasteiger partial charge in [-0.2, -0.15) is 0 Å². The number of hydrogen-bond acceptors (Lipinski definition) is 9. The molecule has 14 nitrogen and oxygen atoms in total. The van der Waals surface area contributed by atoms with Gasteiger partial charge in [0.15, 0.2) is 22.9 Å². The number of hydrogen-bond donors (Lipinski definition) is 5. The molecule has 3 aromatic rings. The van der Waals surface area contributed by atoms with Gasteiger partial charge in [-0.1, -0.05) is 6.07 Å². The quantitative estimate of drug-likeness (QED) is 0.0780. The van der Waals surface area contributed by atoms with Crippen molar-refractivity contribution in [3.05, 3.63) is 115 Å². The molecule has 246 valence electrons. The normalized spacial score (nSPS) is 13.6. The zero-order chi connectivity index (χ0) is 34.9. The maximum absolute atomic E-state index is 12.7. The molecule has 0 saturated heterocycles. The van der Waals surface area contributed by atoms with E-state index >= 15 is 0 Å². The molecule has 0 radical (unpaired) electrons. The zero-order valence-electron chi connectivity index (χ0n) is 25.7. The SMILES string of the molecule is CCO.NC1CC1.[C-]#[N+]c1ccc(N)c(NC2CC2)c1.[C-]#[N+]c1ccc([N+](=O)[O-])c(F)c1.[C-]#[N+]c1ccc([N+](=O)[O-])c(NC2CC2)c1. The maximum Gasteiger partial charge on any atom is 0.302 e. The molecule has 3 aliphatic carbocycles. The van der Waals surface area contributed by atoms with E-state index < -0.39 is 21.4 Å². The molecule has 3 fully saturated rings. The van der Waals surface area contributed by atoms with Gasteiger partial charge < -0.3 is 27.2 Å². The Morgan fingerprint density at radius 1 is 0.787 bits per heavy atom. The molecule has 0 aliphatic heterocycles. The van der Waals surface area contributed by atoms with Crippen LogP contribution in [0.4, 0.5) is 49.9 Å². The molecule has 0 heterocycles. The van der Waals surface area contributed by atoms with Crippen LogP contribution in [0.5, 0.6) is 0 Å². The Labute approximate surface area is 272 Å². The van der Waals surface area contributed by atoms with Crippen LogP contribution < -0.4 is 22.1 Å². The lowest BCUT2D eigenvalue weighted by Crippen LogP contribution is -2.03. The van der Waals surface area contributed by atoms with Gasteiger partial charge in [0.2, 0.25) is 0 Å². The van der Waals surface area contributed by atoms with Crippen molar-refractivity contribution in [3.63, 3.8) is 0 Å². The highest BCUT2D eigenvalue weighted by molar-refractivity contribution is 5.72. The maximum atomic E-state index is 12.7. The van der Waals surface area contributed by atoms with Gasteiger partial charge in [0.05, 0.1) is 35.3 Å². The number of halogens is 1. The van der Waals surface area contributed by atoms with E-state index in [1.807, 2.05) is 0 Å². The summed E-state index contributed by atoms with van der Waals surface area (Å²) in [6, 6.07) is 14.2. The highest BCUT2D eigenvalue weighted by Gasteiger charge is 2.25. The highest BCUT2D eigenvalue weighted by Crippen LogP contribution is 2.34. The molecule has 15 heteroatoms. The number of nitrogens with two attached hydrogens (primary N) is 2. The Balaban J connectivity index is 0.000000223. The summed E-state index contributed by atoms with van der Waals surface area (Å²) < 4.78 is 12.7. The van der Waals surface area contributed by atoms with Crippen molar-refractivity contribution in [2.75, 3.05) is 23.0 Å². The van der Waals surface area contributed by atoms with Crippen LogP contribution >= 0.6 is 0 Å². The van der Waals surface area contributed by atoms with E-state index in [9.17, 15) is 24.6 Å². The summed E-state index contributed by atoms with van der Waals surface area (Å²) in [6.45, 7) is 22.1. The fraction of sp³-hybridized carbons (Fsp3) is 0.344. The van der Waals surface area contributed by atoms with Crippen molar-refractivity contribution < 1.29 is 19.3 Å². The van der Waals surface area contributed by atoms with Crippen molar-refractivity contribution in [3.8, 4) is 0 Å². The molecule has 3 aromatic carbocycles. The molecule has 3 saturated carbocycles. The molecule has 0 atom stereocenters. The second-order valence-electron chi connectivity index (χ2n) is 10.4. The van der Waals surface area contributed by atoms with Crippen molar-refractivity contribution in [1.29, 1.82) is 0 Å². The number of benzene rings is 3. The van der Waals surface area contributed by atoms with Crippen LogP contribution in [0.2, 0.25) is 0 Å². The van der Waals surface area contributed by atoms with E-state index in [1.54, 1.807) is 25.1 Å². The molecule has 7 N–H and O–H groups in total. The Morgan fingerprint density at radius 3 is 1.55 bits per heavy atom. The second-order valence-corrected chi connectivity index (χ2v) is 10.4. The first-order chi connectivity index (χ1) is 22.4. The lowest BCUT2D eigenvalue weighted by Gasteiger charge is -2.07. The van der Waals surface area contributed by atoms with Crippen molar-refractivity contribution in [2.24, 2.45) is 5.73 Å². The number of nitrogens with one attached hydrogen (secondary N) is 2. The second kappa shape index (κ2) is 18.9. The smallest absolute Gasteiger partial charge is 0.302 e. The number of anilines is 3. The summed E-state index contributed by atoms with van der Waals surface area (Å²) in [5, 5.41) is 34.7. The number of nitrogen functional groups attached to an aromatic ring is 1. The van der Waals surface area contributed by atoms with Gasteiger partial charge in [0.1, 0.15) is 5.69 Å². The third-order valence-electron chi connectivity index (χ3n) is 6.22. The van der Waals surface area contributed by atoms with Crippen LogP contribution in [0.25, 0.3) is 14.5 Å². The lowest BCUT2D eigenvalue weighted by molar-refractivity contribution is -0.387. The Hall–Kier alpha value is -5.82. The zero-order valence-corrected chi connectivity index (χ0v) is 25.7. The van der Waals surface area contributed by atoms with Crippen LogP contribution in [-0.2, 0) is 0 Å². The third kappa shape index (κ3) is 14.2. The van der Waals surface area contributed by atoms with Crippen LogP contribution in [0.15, 0.2) is 54.6 Å². The van der Waals surface area contributed by atoms with Gasteiger partial charge in [-0.25, -0.2) is 18.9 Å². The molecular weight excluding hydrogens is 609 g/mol. The Kier molecular flexibility index (Phi) is 15.0. The van der Waals surface area contributed by atoms with Crippen LogP contribution in [0, 0.1) is 45.8 Å². The van der Waals surface area contributed by atoms with Crippen molar-refractivity contribution in [2.45, 2.75) is 63.6 Å². The van der Waals surface area contributed by atoms with E-state index in [2.05, 4.69) is 25.2 Å². The minimum Gasteiger partial charge on any atom is -0.397 e. The lowest BCUT2D eigenvalue weighted by atomic mass is 10.2. The van der Waals surface area contributed by atoms with Gasteiger partial charge in [0, 0.05) is 42.6 Å². The highest BCUT2D eigenvalue weighted by atomic mass is 19.1. The van der Waals surface area contributed by atoms with E-state index in [4.69, 9.17) is 36.3 Å². The number of aliphatic hydroxyl groups is 1. The van der Waals surface area contributed by atoms with Crippen LogP contribution in [0.1, 0.15) is 45.4 Å². The summed E-state index contributed by atoms with van der Waals surface area (Å²) in [7, 11) is 0. The standard InChI is InChI=1S/C10H9N3O2.C10H11N3.C7H3FN2O2.C3H7N.C2H6O/c1-11-8-4-5-10(13(14)15)9(6-8)12-7-2-3-7;1-12-8-4-5-9(11)10(6-8)13-7-2-3-7;1-9-5-2-3-7(10(11)12)6(8)4-5;4-3-1-2-3;1-2-3/h4-7,12H,2-3H2;4-7,13H,2-3,11H2;2-4H;3H,1-2,4H2;3H,2H2,1H3. The minimum absolute atomic E-state index is 0.0364. The van der Waals surface area contributed by atoms with E-state index in [0.29, 0.717) is 35.2 Å². The number of rotatable bonds is 6.